The van der Waals surface area contributed by atoms with E-state index in [4.69, 9.17) is 0 Å². The minimum atomic E-state index is 1.12. The molecule has 0 aromatic heterocycles. The smallest absolute Gasteiger partial charge is 0.0181 e. The van der Waals surface area contributed by atoms with E-state index < -0.39 is 0 Å². The molecule has 0 N–H and O–H groups in total. The summed E-state index contributed by atoms with van der Waals surface area (Å²) in [6.45, 7) is 3.69. The zero-order chi connectivity index (χ0) is 11.2. The summed E-state index contributed by atoms with van der Waals surface area (Å²) in [6.07, 6.45) is 7.47. The fourth-order valence-electron chi connectivity index (χ4n) is 1.94. The maximum absolute atomic E-state index is 3.69. The number of aryl methyl sites for hydroxylation is 1. The lowest BCUT2D eigenvalue weighted by atomic mass is 10.0. The summed E-state index contributed by atoms with van der Waals surface area (Å²) in [4.78, 5) is 0. The first-order chi connectivity index (χ1) is 7.90. The minimum absolute atomic E-state index is 1.12. The fraction of sp³-hybridized carbons (Fsp3) is 0.188. The Labute approximate surface area is 97.6 Å². The average molecular weight is 209 g/mol. The van der Waals surface area contributed by atoms with Crippen molar-refractivity contribution in [1.82, 2.24) is 0 Å². The molecular formula is C16H17. The molecular weight excluding hydrogens is 192 g/mol. The SMILES string of the molecule is [CH2]/C=C/CCCc1ccc2ccccc2c1. The van der Waals surface area contributed by atoms with Gasteiger partial charge in [0.1, 0.15) is 0 Å². The number of rotatable bonds is 4. The molecule has 0 spiro atoms. The number of unbranched alkanes of at least 4 members (excludes halogenated alkanes) is 1. The zero-order valence-electron chi connectivity index (χ0n) is 9.52. The van der Waals surface area contributed by atoms with E-state index in [0.717, 1.165) is 12.8 Å². The topological polar surface area (TPSA) is 0 Å². The van der Waals surface area contributed by atoms with Gasteiger partial charge in [-0.05, 0) is 42.5 Å². The summed E-state index contributed by atoms with van der Waals surface area (Å²) in [5, 5.41) is 2.66. The Balaban J connectivity index is 2.07. The highest BCUT2D eigenvalue weighted by molar-refractivity contribution is 5.82. The van der Waals surface area contributed by atoms with E-state index in [-0.39, 0.29) is 0 Å². The van der Waals surface area contributed by atoms with Gasteiger partial charge in [-0.25, -0.2) is 0 Å². The Hall–Kier alpha value is -1.56. The van der Waals surface area contributed by atoms with Gasteiger partial charge in [0.15, 0.2) is 0 Å². The van der Waals surface area contributed by atoms with E-state index in [1.807, 2.05) is 6.08 Å². The van der Waals surface area contributed by atoms with Crippen molar-refractivity contribution in [3.63, 3.8) is 0 Å². The number of hydrogen-bond donors (Lipinski definition) is 0. The fourth-order valence-corrected chi connectivity index (χ4v) is 1.94. The van der Waals surface area contributed by atoms with E-state index in [0.29, 0.717) is 0 Å². The molecule has 16 heavy (non-hydrogen) atoms. The molecule has 0 heterocycles. The molecule has 0 unspecified atom stereocenters. The van der Waals surface area contributed by atoms with Gasteiger partial charge in [0.05, 0.1) is 0 Å². The van der Waals surface area contributed by atoms with Crippen LogP contribution in [0.15, 0.2) is 54.6 Å². The second kappa shape index (κ2) is 5.50. The highest BCUT2D eigenvalue weighted by Gasteiger charge is 1.95. The molecule has 0 heteroatoms. The summed E-state index contributed by atoms with van der Waals surface area (Å²) in [5.74, 6) is 0. The highest BCUT2D eigenvalue weighted by atomic mass is 14.0. The maximum Gasteiger partial charge on any atom is -0.0181 e. The first-order valence-electron chi connectivity index (χ1n) is 5.82. The summed E-state index contributed by atoms with van der Waals surface area (Å²) < 4.78 is 0. The molecule has 0 fully saturated rings. The number of hydrogen-bond acceptors (Lipinski definition) is 0. The lowest BCUT2D eigenvalue weighted by Crippen LogP contribution is -1.84. The van der Waals surface area contributed by atoms with Crippen LogP contribution in [0.5, 0.6) is 0 Å². The van der Waals surface area contributed by atoms with Crippen molar-refractivity contribution in [2.45, 2.75) is 19.3 Å². The van der Waals surface area contributed by atoms with Crippen molar-refractivity contribution < 1.29 is 0 Å². The summed E-state index contributed by atoms with van der Waals surface area (Å²) >= 11 is 0. The molecule has 0 saturated carbocycles. The van der Waals surface area contributed by atoms with Crippen molar-refractivity contribution in [3.8, 4) is 0 Å². The van der Waals surface area contributed by atoms with Gasteiger partial charge in [-0.1, -0.05) is 54.6 Å². The molecule has 2 aromatic rings. The third kappa shape index (κ3) is 2.73. The highest BCUT2D eigenvalue weighted by Crippen LogP contribution is 2.16. The van der Waals surface area contributed by atoms with Gasteiger partial charge >= 0.3 is 0 Å². The predicted molar refractivity (Wildman–Crippen MR) is 71.4 cm³/mol. The zero-order valence-corrected chi connectivity index (χ0v) is 9.52. The van der Waals surface area contributed by atoms with Crippen molar-refractivity contribution in [2.24, 2.45) is 0 Å². The quantitative estimate of drug-likeness (QED) is 0.648. The molecule has 0 bridgehead atoms. The minimum Gasteiger partial charge on any atom is -0.0885 e. The van der Waals surface area contributed by atoms with E-state index in [1.165, 1.54) is 22.8 Å². The molecule has 0 atom stereocenters. The van der Waals surface area contributed by atoms with E-state index in [9.17, 15) is 0 Å². The van der Waals surface area contributed by atoms with Crippen molar-refractivity contribution in [1.29, 1.82) is 0 Å². The van der Waals surface area contributed by atoms with Crippen LogP contribution in [0.3, 0.4) is 0 Å². The van der Waals surface area contributed by atoms with E-state index in [2.05, 4.69) is 55.5 Å². The maximum atomic E-state index is 3.69. The van der Waals surface area contributed by atoms with Gasteiger partial charge < -0.3 is 0 Å². The average Bonchev–Trinajstić information content (AvgIpc) is 2.34. The Morgan fingerprint density at radius 1 is 1.00 bits per heavy atom. The van der Waals surface area contributed by atoms with E-state index >= 15 is 0 Å². The first kappa shape index (κ1) is 10.9. The molecule has 2 rings (SSSR count). The second-order valence-electron chi connectivity index (χ2n) is 4.05. The van der Waals surface area contributed by atoms with Crippen LogP contribution in [-0.2, 0) is 6.42 Å². The second-order valence-corrected chi connectivity index (χ2v) is 4.05. The lowest BCUT2D eigenvalue weighted by molar-refractivity contribution is 0.844. The Morgan fingerprint density at radius 2 is 1.81 bits per heavy atom. The summed E-state index contributed by atoms with van der Waals surface area (Å²) in [7, 11) is 0. The number of allylic oxidation sites excluding steroid dienone is 2. The normalized spacial score (nSPS) is 11.3. The van der Waals surface area contributed by atoms with Crippen LogP contribution in [0, 0.1) is 6.92 Å². The summed E-state index contributed by atoms with van der Waals surface area (Å²) in [6, 6.07) is 15.2. The predicted octanol–water partition coefficient (Wildman–Crippen LogP) is 4.55. The van der Waals surface area contributed by atoms with E-state index in [1.54, 1.807) is 0 Å². The van der Waals surface area contributed by atoms with Crippen LogP contribution in [0.1, 0.15) is 18.4 Å². The molecule has 2 aromatic carbocycles. The third-order valence-corrected chi connectivity index (χ3v) is 2.82. The molecule has 0 aliphatic carbocycles. The van der Waals surface area contributed by atoms with Gasteiger partial charge in [0.25, 0.3) is 0 Å². The summed E-state index contributed by atoms with van der Waals surface area (Å²) in [5.41, 5.74) is 1.43. The molecule has 0 amide bonds. The van der Waals surface area contributed by atoms with Crippen LogP contribution >= 0.6 is 0 Å². The largest absolute Gasteiger partial charge is 0.0885 e. The first-order valence-corrected chi connectivity index (χ1v) is 5.82. The van der Waals surface area contributed by atoms with Crippen molar-refractivity contribution in [3.05, 3.63) is 67.1 Å². The van der Waals surface area contributed by atoms with Crippen LogP contribution < -0.4 is 0 Å². The Morgan fingerprint density at radius 3 is 2.62 bits per heavy atom. The van der Waals surface area contributed by atoms with Gasteiger partial charge in [-0.3, -0.25) is 0 Å². The molecule has 0 aliphatic heterocycles. The van der Waals surface area contributed by atoms with Gasteiger partial charge in [0.2, 0.25) is 0 Å². The molecule has 81 valence electrons. The molecule has 0 saturated heterocycles. The third-order valence-electron chi connectivity index (χ3n) is 2.82. The van der Waals surface area contributed by atoms with Crippen LogP contribution in [0.2, 0.25) is 0 Å². The Kier molecular flexibility index (Phi) is 3.76. The lowest BCUT2D eigenvalue weighted by Gasteiger charge is -2.02. The van der Waals surface area contributed by atoms with Crippen LogP contribution in [-0.4, -0.2) is 0 Å². The number of fused-ring (bicyclic) bond motifs is 1. The van der Waals surface area contributed by atoms with Gasteiger partial charge in [-0.15, -0.1) is 0 Å². The van der Waals surface area contributed by atoms with Crippen LogP contribution in [0.25, 0.3) is 10.8 Å². The van der Waals surface area contributed by atoms with Gasteiger partial charge in [-0.2, -0.15) is 0 Å². The standard InChI is InChI=1S/C16H17/c1-2-3-4-5-8-14-11-12-15-9-6-7-10-16(15)13-14/h2-3,6-7,9-13H,1,4-5,8H2/b3-2+. The van der Waals surface area contributed by atoms with Crippen molar-refractivity contribution >= 4 is 10.8 Å². The Bertz CT molecular complexity index is 480. The van der Waals surface area contributed by atoms with Crippen LogP contribution in [0.4, 0.5) is 0 Å². The van der Waals surface area contributed by atoms with Crippen molar-refractivity contribution in [2.75, 3.05) is 0 Å². The molecule has 0 nitrogen and oxygen atoms in total. The monoisotopic (exact) mass is 209 g/mol. The molecule has 0 aliphatic rings. The number of benzene rings is 2. The molecule has 1 radical (unpaired) electrons. The van der Waals surface area contributed by atoms with Gasteiger partial charge in [0, 0.05) is 0 Å².